The van der Waals surface area contributed by atoms with Crippen molar-refractivity contribution < 1.29 is 22.7 Å². The number of anilines is 1. The molecule has 1 fully saturated rings. The summed E-state index contributed by atoms with van der Waals surface area (Å²) in [5.74, 6) is -0.630. The number of aromatic nitrogens is 1. The molecular formula is C20H15F3N2O2. The lowest BCUT2D eigenvalue weighted by molar-refractivity contribution is -0.274. The van der Waals surface area contributed by atoms with Crippen LogP contribution in [0.2, 0.25) is 0 Å². The number of carbonyl (C=O) groups is 1. The van der Waals surface area contributed by atoms with Crippen LogP contribution in [0.3, 0.4) is 0 Å². The van der Waals surface area contributed by atoms with Crippen molar-refractivity contribution in [3.05, 3.63) is 65.9 Å². The molecule has 1 heterocycles. The van der Waals surface area contributed by atoms with Crippen molar-refractivity contribution in [3.63, 3.8) is 0 Å². The average molecular weight is 372 g/mol. The molecule has 0 spiro atoms. The van der Waals surface area contributed by atoms with Gasteiger partial charge >= 0.3 is 6.36 Å². The lowest BCUT2D eigenvalue weighted by Gasteiger charge is -2.15. The molecule has 0 radical (unpaired) electrons. The van der Waals surface area contributed by atoms with Gasteiger partial charge in [0.1, 0.15) is 0 Å². The molecule has 7 heteroatoms. The number of carbonyl (C=O) groups excluding carboxylic acids is 1. The number of rotatable bonds is 4. The molecule has 0 saturated heterocycles. The van der Waals surface area contributed by atoms with Gasteiger partial charge in [0, 0.05) is 17.0 Å². The minimum absolute atomic E-state index is 0.0475. The summed E-state index contributed by atoms with van der Waals surface area (Å²) in [4.78, 5) is 17.5. The summed E-state index contributed by atoms with van der Waals surface area (Å²) in [6, 6.07) is 14.4. The molecule has 0 unspecified atom stereocenters. The van der Waals surface area contributed by atoms with Crippen molar-refractivity contribution in [1.29, 1.82) is 0 Å². The second kappa shape index (κ2) is 6.57. The Hall–Kier alpha value is -3.09. The van der Waals surface area contributed by atoms with E-state index in [1.165, 1.54) is 18.2 Å². The van der Waals surface area contributed by atoms with Crippen molar-refractivity contribution in [2.24, 2.45) is 0 Å². The Kier molecular flexibility index (Phi) is 4.22. The van der Waals surface area contributed by atoms with Crippen LogP contribution in [0.25, 0.3) is 10.9 Å². The van der Waals surface area contributed by atoms with E-state index in [0.717, 1.165) is 24.6 Å². The van der Waals surface area contributed by atoms with Crippen LogP contribution in [-0.2, 0) is 0 Å². The van der Waals surface area contributed by atoms with Gasteiger partial charge in [0.25, 0.3) is 5.91 Å². The first kappa shape index (κ1) is 17.3. The van der Waals surface area contributed by atoms with Gasteiger partial charge in [-0.25, -0.2) is 0 Å². The third-order valence-electron chi connectivity index (χ3n) is 4.34. The Morgan fingerprint density at radius 1 is 1.07 bits per heavy atom. The van der Waals surface area contributed by atoms with Gasteiger partial charge < -0.3 is 10.1 Å². The summed E-state index contributed by atoms with van der Waals surface area (Å²) < 4.78 is 41.8. The highest BCUT2D eigenvalue weighted by Gasteiger charge is 2.32. The van der Waals surface area contributed by atoms with E-state index < -0.39 is 18.0 Å². The predicted molar refractivity (Wildman–Crippen MR) is 94.8 cm³/mol. The van der Waals surface area contributed by atoms with Crippen LogP contribution in [0.4, 0.5) is 18.9 Å². The van der Waals surface area contributed by atoms with Gasteiger partial charge in [0.05, 0.1) is 16.8 Å². The maximum absolute atomic E-state index is 12.9. The maximum Gasteiger partial charge on any atom is 0.573 e. The molecule has 0 aliphatic heterocycles. The quantitative estimate of drug-likeness (QED) is 0.679. The summed E-state index contributed by atoms with van der Waals surface area (Å²) in [6.07, 6.45) is -2.80. The third kappa shape index (κ3) is 3.86. The number of para-hydroxylation sites is 3. The molecule has 1 N–H and O–H groups in total. The SMILES string of the molecule is O=C(Nc1ccccc1OC(F)(F)F)c1cc(C2CC2)nc2ccccc12. The van der Waals surface area contributed by atoms with Crippen molar-refractivity contribution >= 4 is 22.5 Å². The summed E-state index contributed by atoms with van der Waals surface area (Å²) in [5, 5.41) is 3.18. The summed E-state index contributed by atoms with van der Waals surface area (Å²) in [6.45, 7) is 0. The zero-order valence-corrected chi connectivity index (χ0v) is 14.1. The van der Waals surface area contributed by atoms with E-state index >= 15 is 0 Å². The first-order valence-corrected chi connectivity index (χ1v) is 8.46. The largest absolute Gasteiger partial charge is 0.573 e. The van der Waals surface area contributed by atoms with Crippen LogP contribution in [-0.4, -0.2) is 17.3 Å². The molecule has 2 aromatic carbocycles. The van der Waals surface area contributed by atoms with E-state index in [-0.39, 0.29) is 5.69 Å². The van der Waals surface area contributed by atoms with Gasteiger partial charge in [-0.05, 0) is 37.1 Å². The Morgan fingerprint density at radius 3 is 2.52 bits per heavy atom. The number of nitrogens with one attached hydrogen (secondary N) is 1. The zero-order valence-electron chi connectivity index (χ0n) is 14.1. The van der Waals surface area contributed by atoms with Crippen LogP contribution in [0.15, 0.2) is 54.6 Å². The molecule has 1 aliphatic carbocycles. The van der Waals surface area contributed by atoms with Crippen molar-refractivity contribution in [1.82, 2.24) is 4.98 Å². The van der Waals surface area contributed by atoms with Gasteiger partial charge in [-0.3, -0.25) is 9.78 Å². The number of nitrogens with zero attached hydrogens (tertiary/aromatic N) is 1. The molecular weight excluding hydrogens is 357 g/mol. The number of halogens is 3. The van der Waals surface area contributed by atoms with Crippen molar-refractivity contribution in [2.45, 2.75) is 25.1 Å². The number of alkyl halides is 3. The molecule has 1 aromatic heterocycles. The number of amides is 1. The standard InChI is InChI=1S/C20H15F3N2O2/c21-20(22,23)27-18-8-4-3-7-16(18)25-19(26)14-11-17(12-9-10-12)24-15-6-2-1-5-13(14)15/h1-8,11-12H,9-10H2,(H,25,26). The van der Waals surface area contributed by atoms with Crippen LogP contribution < -0.4 is 10.1 Å². The highest BCUT2D eigenvalue weighted by atomic mass is 19.4. The van der Waals surface area contributed by atoms with E-state index in [9.17, 15) is 18.0 Å². The van der Waals surface area contributed by atoms with Crippen LogP contribution in [0, 0.1) is 0 Å². The molecule has 27 heavy (non-hydrogen) atoms. The van der Waals surface area contributed by atoms with Crippen molar-refractivity contribution in [3.8, 4) is 5.75 Å². The topological polar surface area (TPSA) is 51.2 Å². The third-order valence-corrected chi connectivity index (χ3v) is 4.34. The molecule has 138 valence electrons. The minimum Gasteiger partial charge on any atom is -0.404 e. The summed E-state index contributed by atoms with van der Waals surface area (Å²) in [7, 11) is 0. The van der Waals surface area contributed by atoms with Gasteiger partial charge in [-0.1, -0.05) is 30.3 Å². The van der Waals surface area contributed by atoms with Gasteiger partial charge in [0.15, 0.2) is 5.75 Å². The number of benzene rings is 2. The molecule has 0 atom stereocenters. The molecule has 1 saturated carbocycles. The highest BCUT2D eigenvalue weighted by molar-refractivity contribution is 6.12. The lowest BCUT2D eigenvalue weighted by Crippen LogP contribution is -2.20. The molecule has 0 bridgehead atoms. The van der Waals surface area contributed by atoms with Crippen LogP contribution in [0.1, 0.15) is 34.8 Å². The second-order valence-corrected chi connectivity index (χ2v) is 6.38. The van der Waals surface area contributed by atoms with Crippen molar-refractivity contribution in [2.75, 3.05) is 5.32 Å². The second-order valence-electron chi connectivity index (χ2n) is 6.38. The number of ether oxygens (including phenoxy) is 1. The van der Waals surface area contributed by atoms with E-state index in [0.29, 0.717) is 22.4 Å². The smallest absolute Gasteiger partial charge is 0.404 e. The Balaban J connectivity index is 1.70. The van der Waals surface area contributed by atoms with E-state index in [2.05, 4.69) is 15.0 Å². The Labute approximate surface area is 153 Å². The average Bonchev–Trinajstić information content (AvgIpc) is 3.46. The summed E-state index contributed by atoms with van der Waals surface area (Å²) in [5.41, 5.74) is 1.85. The molecule has 4 nitrogen and oxygen atoms in total. The molecule has 1 amide bonds. The number of fused-ring (bicyclic) bond motifs is 1. The zero-order chi connectivity index (χ0) is 19.0. The normalized spacial score (nSPS) is 14.2. The predicted octanol–water partition coefficient (Wildman–Crippen LogP) is 5.26. The summed E-state index contributed by atoms with van der Waals surface area (Å²) >= 11 is 0. The van der Waals surface area contributed by atoms with Crippen LogP contribution >= 0.6 is 0 Å². The van der Waals surface area contributed by atoms with Gasteiger partial charge in [0.2, 0.25) is 0 Å². The van der Waals surface area contributed by atoms with Crippen LogP contribution in [0.5, 0.6) is 5.75 Å². The first-order chi connectivity index (χ1) is 12.9. The van der Waals surface area contributed by atoms with Gasteiger partial charge in [-0.15, -0.1) is 13.2 Å². The lowest BCUT2D eigenvalue weighted by atomic mass is 10.1. The monoisotopic (exact) mass is 372 g/mol. The number of hydrogen-bond donors (Lipinski definition) is 1. The van der Waals surface area contributed by atoms with E-state index in [1.807, 2.05) is 12.1 Å². The molecule has 4 rings (SSSR count). The fourth-order valence-electron chi connectivity index (χ4n) is 2.95. The Bertz CT molecular complexity index is 1010. The van der Waals surface area contributed by atoms with E-state index in [4.69, 9.17) is 0 Å². The maximum atomic E-state index is 12.9. The fourth-order valence-corrected chi connectivity index (χ4v) is 2.95. The fraction of sp³-hybridized carbons (Fsp3) is 0.200. The first-order valence-electron chi connectivity index (χ1n) is 8.46. The molecule has 1 aliphatic rings. The number of pyridine rings is 1. The minimum atomic E-state index is -4.84. The highest BCUT2D eigenvalue weighted by Crippen LogP contribution is 2.40. The Morgan fingerprint density at radius 2 is 1.78 bits per heavy atom. The van der Waals surface area contributed by atoms with E-state index in [1.54, 1.807) is 18.2 Å². The van der Waals surface area contributed by atoms with Gasteiger partial charge in [-0.2, -0.15) is 0 Å². The number of hydrogen-bond acceptors (Lipinski definition) is 3. The molecule has 3 aromatic rings.